The average Bonchev–Trinajstić information content (AvgIpc) is 3.14. The van der Waals surface area contributed by atoms with Crippen LogP contribution in [0.25, 0.3) is 0 Å². The Morgan fingerprint density at radius 2 is 1.82 bits per heavy atom. The van der Waals surface area contributed by atoms with Crippen molar-refractivity contribution in [3.8, 4) is 5.75 Å². The fourth-order valence-corrected chi connectivity index (χ4v) is 2.64. The molecule has 0 aliphatic rings. The van der Waals surface area contributed by atoms with Gasteiger partial charge in [0.2, 0.25) is 11.5 Å². The molecule has 0 atom stereocenters. The molecule has 0 bridgehead atoms. The summed E-state index contributed by atoms with van der Waals surface area (Å²) in [4.78, 5) is 11.9. The molecule has 0 saturated carbocycles. The molecule has 0 fully saturated rings. The molecular formula is C20H23N5O3. The number of para-hydroxylation sites is 1. The van der Waals surface area contributed by atoms with E-state index in [1.165, 1.54) is 5.56 Å². The van der Waals surface area contributed by atoms with Crippen molar-refractivity contribution < 1.29 is 14.2 Å². The number of aromatic nitrogens is 2. The Morgan fingerprint density at radius 1 is 1.07 bits per heavy atom. The van der Waals surface area contributed by atoms with E-state index in [-0.39, 0.29) is 11.5 Å². The number of hydrogen-bond acceptors (Lipinski definition) is 7. The number of nitrogen functional groups attached to an aromatic ring is 1. The van der Waals surface area contributed by atoms with E-state index < -0.39 is 5.91 Å². The minimum absolute atomic E-state index is 0.00467. The lowest BCUT2D eigenvalue weighted by molar-refractivity contribution is 0.0944. The predicted octanol–water partition coefficient (Wildman–Crippen LogP) is 2.06. The molecule has 3 rings (SSSR count). The van der Waals surface area contributed by atoms with Crippen LogP contribution in [0.2, 0.25) is 0 Å². The van der Waals surface area contributed by atoms with Gasteiger partial charge in [-0.3, -0.25) is 4.79 Å². The first kappa shape index (κ1) is 19.4. The summed E-state index contributed by atoms with van der Waals surface area (Å²) in [5.41, 5.74) is 8.90. The zero-order valence-electron chi connectivity index (χ0n) is 15.6. The highest BCUT2D eigenvalue weighted by atomic mass is 16.6. The Kier molecular flexibility index (Phi) is 6.59. The molecule has 1 aromatic heterocycles. The fraction of sp³-hybridized carbons (Fsp3) is 0.250. The van der Waals surface area contributed by atoms with Crippen molar-refractivity contribution in [1.29, 1.82) is 0 Å². The van der Waals surface area contributed by atoms with Gasteiger partial charge >= 0.3 is 0 Å². The predicted molar refractivity (Wildman–Crippen MR) is 105 cm³/mol. The first-order valence-corrected chi connectivity index (χ1v) is 8.97. The summed E-state index contributed by atoms with van der Waals surface area (Å²) in [7, 11) is 0. The van der Waals surface area contributed by atoms with Crippen molar-refractivity contribution >= 4 is 11.7 Å². The van der Waals surface area contributed by atoms with Crippen molar-refractivity contribution in [2.24, 2.45) is 0 Å². The van der Waals surface area contributed by atoms with Gasteiger partial charge in [0.25, 0.3) is 5.91 Å². The van der Waals surface area contributed by atoms with Crippen molar-refractivity contribution in [3.05, 3.63) is 70.9 Å². The lowest BCUT2D eigenvalue weighted by Crippen LogP contribution is -2.32. The summed E-state index contributed by atoms with van der Waals surface area (Å²) in [5, 5.41) is 12.8. The number of anilines is 1. The van der Waals surface area contributed by atoms with E-state index in [4.69, 9.17) is 10.5 Å². The Morgan fingerprint density at radius 3 is 2.57 bits per heavy atom. The molecule has 8 heteroatoms. The number of aryl methyl sites for hydroxylation is 1. The van der Waals surface area contributed by atoms with Crippen molar-refractivity contribution in [1.82, 2.24) is 20.9 Å². The van der Waals surface area contributed by atoms with Crippen LogP contribution in [0.4, 0.5) is 5.82 Å². The van der Waals surface area contributed by atoms with Gasteiger partial charge in [-0.15, -0.1) is 0 Å². The van der Waals surface area contributed by atoms with Gasteiger partial charge in [-0.25, -0.2) is 4.63 Å². The number of ether oxygens (including phenoxy) is 1. The molecule has 146 valence electrons. The number of carbonyl (C=O) groups excluding carboxylic acids is 1. The quantitative estimate of drug-likeness (QED) is 0.486. The fourth-order valence-electron chi connectivity index (χ4n) is 2.64. The van der Waals surface area contributed by atoms with Crippen LogP contribution in [-0.4, -0.2) is 29.3 Å². The lowest BCUT2D eigenvalue weighted by Gasteiger charge is -2.13. The first-order valence-electron chi connectivity index (χ1n) is 8.97. The highest BCUT2D eigenvalue weighted by Gasteiger charge is 2.14. The minimum Gasteiger partial charge on any atom is -0.489 e. The molecule has 0 spiro atoms. The summed E-state index contributed by atoms with van der Waals surface area (Å²) >= 11 is 0. The molecule has 0 aliphatic heterocycles. The summed E-state index contributed by atoms with van der Waals surface area (Å²) in [6, 6.07) is 16.1. The highest BCUT2D eigenvalue weighted by Crippen LogP contribution is 2.20. The van der Waals surface area contributed by atoms with Gasteiger partial charge in [0.1, 0.15) is 12.4 Å². The van der Waals surface area contributed by atoms with E-state index in [1.54, 1.807) is 0 Å². The molecule has 8 nitrogen and oxygen atoms in total. The Balaban J connectivity index is 1.45. The normalized spacial score (nSPS) is 10.6. The second-order valence-corrected chi connectivity index (χ2v) is 6.25. The van der Waals surface area contributed by atoms with Crippen LogP contribution in [-0.2, 0) is 13.2 Å². The molecule has 2 aromatic carbocycles. The van der Waals surface area contributed by atoms with Crippen LogP contribution < -0.4 is 21.1 Å². The average molecular weight is 381 g/mol. The third-order valence-electron chi connectivity index (χ3n) is 4.25. The lowest BCUT2D eigenvalue weighted by atomic mass is 10.1. The molecule has 0 aliphatic carbocycles. The van der Waals surface area contributed by atoms with E-state index in [2.05, 4.69) is 44.6 Å². The Hall–Kier alpha value is -3.39. The number of benzene rings is 2. The summed E-state index contributed by atoms with van der Waals surface area (Å²) < 4.78 is 10.4. The van der Waals surface area contributed by atoms with Gasteiger partial charge in [0, 0.05) is 25.2 Å². The summed E-state index contributed by atoms with van der Waals surface area (Å²) in [6.07, 6.45) is 0. The number of nitrogens with one attached hydrogen (secondary N) is 2. The maximum absolute atomic E-state index is 11.9. The largest absolute Gasteiger partial charge is 0.489 e. The van der Waals surface area contributed by atoms with Crippen LogP contribution >= 0.6 is 0 Å². The Bertz CT molecular complexity index is 925. The topological polar surface area (TPSA) is 115 Å². The minimum atomic E-state index is -0.414. The van der Waals surface area contributed by atoms with E-state index in [9.17, 15) is 4.79 Å². The van der Waals surface area contributed by atoms with Crippen molar-refractivity contribution in [2.45, 2.75) is 20.1 Å². The number of amides is 1. The van der Waals surface area contributed by atoms with Gasteiger partial charge in [-0.2, -0.15) is 0 Å². The number of nitrogens with two attached hydrogens (primary N) is 1. The maximum Gasteiger partial charge on any atom is 0.277 e. The van der Waals surface area contributed by atoms with Gasteiger partial charge in [0.15, 0.2) is 0 Å². The zero-order valence-corrected chi connectivity index (χ0v) is 15.6. The number of rotatable bonds is 9. The smallest absolute Gasteiger partial charge is 0.277 e. The van der Waals surface area contributed by atoms with Gasteiger partial charge in [-0.1, -0.05) is 42.5 Å². The second-order valence-electron chi connectivity index (χ2n) is 6.25. The molecule has 1 heterocycles. The third kappa shape index (κ3) is 5.08. The van der Waals surface area contributed by atoms with E-state index in [1.807, 2.05) is 36.4 Å². The Labute approximate surface area is 163 Å². The van der Waals surface area contributed by atoms with E-state index in [0.717, 1.165) is 16.9 Å². The van der Waals surface area contributed by atoms with Crippen LogP contribution in [0.5, 0.6) is 5.75 Å². The number of nitrogens with zero attached hydrogens (tertiary/aromatic N) is 2. The molecule has 1 amide bonds. The second kappa shape index (κ2) is 9.52. The first-order chi connectivity index (χ1) is 13.6. The van der Waals surface area contributed by atoms with Gasteiger partial charge < -0.3 is 21.1 Å². The molecule has 4 N–H and O–H groups in total. The van der Waals surface area contributed by atoms with E-state index >= 15 is 0 Å². The van der Waals surface area contributed by atoms with Gasteiger partial charge in [-0.05, 0) is 34.4 Å². The molecule has 0 unspecified atom stereocenters. The molecular weight excluding hydrogens is 358 g/mol. The van der Waals surface area contributed by atoms with Crippen LogP contribution in [0, 0.1) is 6.92 Å². The molecule has 0 radical (unpaired) electrons. The third-order valence-corrected chi connectivity index (χ3v) is 4.25. The summed E-state index contributed by atoms with van der Waals surface area (Å²) in [6.45, 7) is 4.20. The molecule has 28 heavy (non-hydrogen) atoms. The van der Waals surface area contributed by atoms with Crippen LogP contribution in [0.3, 0.4) is 0 Å². The SMILES string of the molecule is Cc1ccccc1COc1ccccc1CNCCNC(=O)c1nonc1N. The zero-order chi connectivity index (χ0) is 19.8. The van der Waals surface area contributed by atoms with Crippen molar-refractivity contribution in [3.63, 3.8) is 0 Å². The number of carbonyl (C=O) groups is 1. The van der Waals surface area contributed by atoms with Crippen LogP contribution in [0.15, 0.2) is 53.2 Å². The monoisotopic (exact) mass is 381 g/mol. The maximum atomic E-state index is 11.9. The van der Waals surface area contributed by atoms with E-state index in [0.29, 0.717) is 26.2 Å². The highest BCUT2D eigenvalue weighted by molar-refractivity contribution is 5.95. The molecule has 0 saturated heterocycles. The van der Waals surface area contributed by atoms with Crippen molar-refractivity contribution in [2.75, 3.05) is 18.8 Å². The van der Waals surface area contributed by atoms with Gasteiger partial charge in [0.05, 0.1) is 0 Å². The van der Waals surface area contributed by atoms with Crippen LogP contribution in [0.1, 0.15) is 27.2 Å². The standard InChI is InChI=1S/C20H23N5O3/c1-14-6-2-3-8-16(14)13-27-17-9-5-4-7-15(17)12-22-10-11-23-20(26)18-19(21)25-28-24-18/h2-9,22H,10-13H2,1H3,(H2,21,25)(H,23,26). The summed E-state index contributed by atoms with van der Waals surface area (Å²) in [5.74, 6) is 0.399. The number of hydrogen-bond donors (Lipinski definition) is 3. The molecule has 3 aromatic rings.